The monoisotopic (exact) mass is 158 g/mol. The Morgan fingerprint density at radius 3 is 2.18 bits per heavy atom. The highest BCUT2D eigenvalue weighted by molar-refractivity contribution is 4.79. The van der Waals surface area contributed by atoms with Crippen LogP contribution in [0.2, 0.25) is 0 Å². The highest BCUT2D eigenvalue weighted by atomic mass is 15.0. The summed E-state index contributed by atoms with van der Waals surface area (Å²) < 4.78 is 0. The van der Waals surface area contributed by atoms with E-state index in [9.17, 15) is 0 Å². The van der Waals surface area contributed by atoms with Crippen molar-refractivity contribution in [3.05, 3.63) is 0 Å². The molecule has 0 aliphatic carbocycles. The number of nitrogens with one attached hydrogen (secondary N) is 2. The Morgan fingerprint density at radius 1 is 1.27 bits per heavy atom. The molecular formula is C9H22N2. The van der Waals surface area contributed by atoms with Gasteiger partial charge in [-0.05, 0) is 20.4 Å². The fourth-order valence-corrected chi connectivity index (χ4v) is 1.00. The van der Waals surface area contributed by atoms with E-state index in [1.54, 1.807) is 0 Å². The van der Waals surface area contributed by atoms with E-state index in [4.69, 9.17) is 0 Å². The maximum atomic E-state index is 3.41. The molecule has 0 heterocycles. The third-order valence-electron chi connectivity index (χ3n) is 1.61. The van der Waals surface area contributed by atoms with Crippen molar-refractivity contribution in [1.82, 2.24) is 10.6 Å². The first kappa shape index (κ1) is 10.9. The largest absolute Gasteiger partial charge is 0.313 e. The summed E-state index contributed by atoms with van der Waals surface area (Å²) in [7, 11) is 0. The van der Waals surface area contributed by atoms with Gasteiger partial charge in [0.25, 0.3) is 0 Å². The van der Waals surface area contributed by atoms with Gasteiger partial charge >= 0.3 is 0 Å². The second-order valence-corrected chi connectivity index (χ2v) is 3.95. The fourth-order valence-electron chi connectivity index (χ4n) is 1.00. The lowest BCUT2D eigenvalue weighted by atomic mass is 10.1. The Hall–Kier alpha value is -0.0800. The molecule has 0 unspecified atom stereocenters. The molecule has 0 atom stereocenters. The Bertz CT molecular complexity index is 97.7. The van der Waals surface area contributed by atoms with Crippen molar-refractivity contribution >= 4 is 0 Å². The van der Waals surface area contributed by atoms with E-state index < -0.39 is 0 Å². The quantitative estimate of drug-likeness (QED) is 0.631. The molecule has 0 aromatic rings. The Kier molecular flexibility index (Phi) is 4.69. The van der Waals surface area contributed by atoms with Crippen molar-refractivity contribution in [3.63, 3.8) is 0 Å². The molecule has 0 bridgehead atoms. The minimum absolute atomic E-state index is 0.221. The maximum absolute atomic E-state index is 3.41. The summed E-state index contributed by atoms with van der Waals surface area (Å²) in [4.78, 5) is 0. The van der Waals surface area contributed by atoms with Gasteiger partial charge in [0.1, 0.15) is 0 Å². The van der Waals surface area contributed by atoms with Gasteiger partial charge in [0.05, 0.1) is 0 Å². The van der Waals surface area contributed by atoms with E-state index in [-0.39, 0.29) is 5.54 Å². The lowest BCUT2D eigenvalue weighted by molar-refractivity contribution is 0.360. The molecule has 0 amide bonds. The van der Waals surface area contributed by atoms with Crippen molar-refractivity contribution in [3.8, 4) is 0 Å². The lowest BCUT2D eigenvalue weighted by Crippen LogP contribution is -2.48. The van der Waals surface area contributed by atoms with E-state index in [1.165, 1.54) is 0 Å². The molecule has 0 aliphatic rings. The molecule has 0 fully saturated rings. The maximum Gasteiger partial charge on any atom is 0.0249 e. The molecule has 0 aromatic carbocycles. The van der Waals surface area contributed by atoms with Crippen molar-refractivity contribution in [1.29, 1.82) is 0 Å². The van der Waals surface area contributed by atoms with E-state index in [1.807, 2.05) is 0 Å². The molecule has 2 nitrogen and oxygen atoms in total. The van der Waals surface area contributed by atoms with Gasteiger partial charge in [0.15, 0.2) is 0 Å². The molecule has 2 heteroatoms. The van der Waals surface area contributed by atoms with Crippen LogP contribution >= 0.6 is 0 Å². The molecule has 0 saturated heterocycles. The molecule has 68 valence electrons. The first-order chi connectivity index (χ1) is 4.98. The van der Waals surface area contributed by atoms with E-state index in [0.29, 0.717) is 6.04 Å². The van der Waals surface area contributed by atoms with Crippen LogP contribution in [0.15, 0.2) is 0 Å². The van der Waals surface area contributed by atoms with Crippen LogP contribution in [0, 0.1) is 0 Å². The first-order valence-electron chi connectivity index (χ1n) is 4.46. The smallest absolute Gasteiger partial charge is 0.0249 e. The Morgan fingerprint density at radius 2 is 1.82 bits per heavy atom. The van der Waals surface area contributed by atoms with Gasteiger partial charge in [0, 0.05) is 18.1 Å². The van der Waals surface area contributed by atoms with Gasteiger partial charge in [-0.2, -0.15) is 0 Å². The number of rotatable bonds is 5. The predicted octanol–water partition coefficient (Wildman–Crippen LogP) is 1.37. The van der Waals surface area contributed by atoms with Gasteiger partial charge in [0.2, 0.25) is 0 Å². The zero-order valence-electron chi connectivity index (χ0n) is 8.49. The summed E-state index contributed by atoms with van der Waals surface area (Å²) >= 11 is 0. The van der Waals surface area contributed by atoms with Crippen LogP contribution in [0.5, 0.6) is 0 Å². The average molecular weight is 158 g/mol. The second kappa shape index (κ2) is 4.73. The highest BCUT2D eigenvalue weighted by Crippen LogP contribution is 1.99. The zero-order valence-corrected chi connectivity index (χ0v) is 8.49. The minimum Gasteiger partial charge on any atom is -0.313 e. The van der Waals surface area contributed by atoms with Crippen molar-refractivity contribution < 1.29 is 0 Å². The Labute approximate surface area is 70.8 Å². The molecular weight excluding hydrogens is 136 g/mol. The molecule has 0 spiro atoms. The van der Waals surface area contributed by atoms with E-state index in [2.05, 4.69) is 45.3 Å². The van der Waals surface area contributed by atoms with Gasteiger partial charge in [-0.3, -0.25) is 0 Å². The minimum atomic E-state index is 0.221. The topological polar surface area (TPSA) is 24.1 Å². The summed E-state index contributed by atoms with van der Waals surface area (Å²) in [6.45, 7) is 13.0. The van der Waals surface area contributed by atoms with Crippen LogP contribution in [0.25, 0.3) is 0 Å². The third-order valence-corrected chi connectivity index (χ3v) is 1.61. The predicted molar refractivity (Wildman–Crippen MR) is 50.9 cm³/mol. The summed E-state index contributed by atoms with van der Waals surface area (Å²) in [6.07, 6.45) is 0. The van der Waals surface area contributed by atoms with Crippen LogP contribution < -0.4 is 10.6 Å². The summed E-state index contributed by atoms with van der Waals surface area (Å²) in [5.74, 6) is 0. The van der Waals surface area contributed by atoms with Crippen LogP contribution in [-0.2, 0) is 0 Å². The standard InChI is InChI=1S/C9H22N2/c1-6-11-9(4,5)7-10-8(2)3/h8,10-11H,6-7H2,1-5H3. The summed E-state index contributed by atoms with van der Waals surface area (Å²) in [6, 6.07) is 0.577. The average Bonchev–Trinajstić information content (AvgIpc) is 1.84. The molecule has 0 radical (unpaired) electrons. The molecule has 0 aliphatic heterocycles. The highest BCUT2D eigenvalue weighted by Gasteiger charge is 2.14. The number of hydrogen-bond donors (Lipinski definition) is 2. The molecule has 0 saturated carbocycles. The van der Waals surface area contributed by atoms with Crippen molar-refractivity contribution in [2.24, 2.45) is 0 Å². The second-order valence-electron chi connectivity index (χ2n) is 3.95. The van der Waals surface area contributed by atoms with Gasteiger partial charge in [-0.15, -0.1) is 0 Å². The summed E-state index contributed by atoms with van der Waals surface area (Å²) in [5.41, 5.74) is 0.221. The Balaban J connectivity index is 3.54. The SMILES string of the molecule is CCNC(C)(C)CNC(C)C. The van der Waals surface area contributed by atoms with Crippen LogP contribution in [0.3, 0.4) is 0 Å². The van der Waals surface area contributed by atoms with Crippen LogP contribution in [-0.4, -0.2) is 24.7 Å². The van der Waals surface area contributed by atoms with Gasteiger partial charge in [-0.25, -0.2) is 0 Å². The van der Waals surface area contributed by atoms with Crippen molar-refractivity contribution in [2.45, 2.75) is 46.2 Å². The number of likely N-dealkylation sites (N-methyl/N-ethyl adjacent to an activating group) is 1. The van der Waals surface area contributed by atoms with Crippen LogP contribution in [0.1, 0.15) is 34.6 Å². The zero-order chi connectivity index (χ0) is 8.91. The van der Waals surface area contributed by atoms with Gasteiger partial charge in [-0.1, -0.05) is 20.8 Å². The normalized spacial score (nSPS) is 12.5. The van der Waals surface area contributed by atoms with Crippen molar-refractivity contribution in [2.75, 3.05) is 13.1 Å². The molecule has 11 heavy (non-hydrogen) atoms. The van der Waals surface area contributed by atoms with E-state index in [0.717, 1.165) is 13.1 Å². The lowest BCUT2D eigenvalue weighted by Gasteiger charge is -2.27. The summed E-state index contributed by atoms with van der Waals surface area (Å²) in [5, 5.41) is 6.82. The first-order valence-corrected chi connectivity index (χ1v) is 4.46. The third kappa shape index (κ3) is 6.32. The molecule has 2 N–H and O–H groups in total. The van der Waals surface area contributed by atoms with Crippen LogP contribution in [0.4, 0.5) is 0 Å². The molecule has 0 rings (SSSR count). The fraction of sp³-hybridized carbons (Fsp3) is 1.00. The van der Waals surface area contributed by atoms with Gasteiger partial charge < -0.3 is 10.6 Å². The molecule has 0 aromatic heterocycles. The van der Waals surface area contributed by atoms with E-state index >= 15 is 0 Å². The number of hydrogen-bond acceptors (Lipinski definition) is 2.